The topological polar surface area (TPSA) is 67.9 Å². The van der Waals surface area contributed by atoms with Crippen LogP contribution in [0.1, 0.15) is 18.1 Å². The molecule has 0 fully saturated rings. The van der Waals surface area contributed by atoms with Crippen molar-refractivity contribution in [3.8, 4) is 11.5 Å². The van der Waals surface area contributed by atoms with Gasteiger partial charge in [0.15, 0.2) is 6.61 Å². The summed E-state index contributed by atoms with van der Waals surface area (Å²) >= 11 is 0. The molecule has 2 aromatic rings. The van der Waals surface area contributed by atoms with Crippen LogP contribution in [0.5, 0.6) is 11.5 Å². The third-order valence-corrected chi connectivity index (χ3v) is 4.28. The van der Waals surface area contributed by atoms with E-state index in [2.05, 4.69) is 5.32 Å². The Balaban J connectivity index is 2.12. The minimum Gasteiger partial charge on any atom is -0.497 e. The summed E-state index contributed by atoms with van der Waals surface area (Å²) < 4.78 is 10.8. The number of nitrogens with one attached hydrogen (secondary N) is 1. The largest absolute Gasteiger partial charge is 0.497 e. The summed E-state index contributed by atoms with van der Waals surface area (Å²) in [7, 11) is 3.15. The standard InChI is InChI=1S/C21H26N2O4/c1-15-6-5-7-19(12-15)27-14-20(24)23(16(2)21(25)22-3)13-17-8-10-18(26-4)11-9-17/h5-12,16H,13-14H2,1-4H3,(H,22,25). The Morgan fingerprint density at radius 3 is 2.41 bits per heavy atom. The van der Waals surface area contributed by atoms with Crippen LogP contribution in [0.25, 0.3) is 0 Å². The highest BCUT2D eigenvalue weighted by molar-refractivity contribution is 5.87. The molecule has 0 spiro atoms. The molecule has 2 aromatic carbocycles. The number of rotatable bonds is 8. The van der Waals surface area contributed by atoms with Crippen LogP contribution in [0, 0.1) is 6.92 Å². The SMILES string of the molecule is CNC(=O)C(C)N(Cc1ccc(OC)cc1)C(=O)COc1cccc(C)c1. The lowest BCUT2D eigenvalue weighted by molar-refractivity contribution is -0.142. The van der Waals surface area contributed by atoms with Gasteiger partial charge in [-0.1, -0.05) is 24.3 Å². The molecule has 1 N–H and O–H groups in total. The molecule has 0 saturated carbocycles. The number of likely N-dealkylation sites (N-methyl/N-ethyl adjacent to an activating group) is 1. The normalized spacial score (nSPS) is 11.4. The first-order valence-electron chi connectivity index (χ1n) is 8.78. The third kappa shape index (κ3) is 5.74. The number of carbonyl (C=O) groups is 2. The monoisotopic (exact) mass is 370 g/mol. The van der Waals surface area contributed by atoms with Crippen molar-refractivity contribution in [2.75, 3.05) is 20.8 Å². The second-order valence-electron chi connectivity index (χ2n) is 6.27. The highest BCUT2D eigenvalue weighted by Crippen LogP contribution is 2.16. The van der Waals surface area contributed by atoms with Gasteiger partial charge >= 0.3 is 0 Å². The van der Waals surface area contributed by atoms with Crippen LogP contribution < -0.4 is 14.8 Å². The van der Waals surface area contributed by atoms with Crippen molar-refractivity contribution in [3.05, 3.63) is 59.7 Å². The summed E-state index contributed by atoms with van der Waals surface area (Å²) in [5.74, 6) is 0.870. The van der Waals surface area contributed by atoms with Crippen molar-refractivity contribution in [1.82, 2.24) is 10.2 Å². The van der Waals surface area contributed by atoms with E-state index in [-0.39, 0.29) is 18.4 Å². The van der Waals surface area contributed by atoms with E-state index in [4.69, 9.17) is 9.47 Å². The number of hydrogen-bond acceptors (Lipinski definition) is 4. The van der Waals surface area contributed by atoms with Gasteiger partial charge in [0.1, 0.15) is 17.5 Å². The van der Waals surface area contributed by atoms with Crippen molar-refractivity contribution in [2.24, 2.45) is 0 Å². The molecule has 0 saturated heterocycles. The molecule has 0 heterocycles. The zero-order valence-electron chi connectivity index (χ0n) is 16.2. The predicted molar refractivity (Wildman–Crippen MR) is 104 cm³/mol. The summed E-state index contributed by atoms with van der Waals surface area (Å²) in [6.45, 7) is 3.82. The Morgan fingerprint density at radius 1 is 1.11 bits per heavy atom. The van der Waals surface area contributed by atoms with Crippen molar-refractivity contribution in [2.45, 2.75) is 26.4 Å². The number of aryl methyl sites for hydroxylation is 1. The van der Waals surface area contributed by atoms with Crippen LogP contribution >= 0.6 is 0 Å². The molecular formula is C21H26N2O4. The molecule has 2 rings (SSSR count). The first-order chi connectivity index (χ1) is 12.9. The van der Waals surface area contributed by atoms with Crippen LogP contribution in [0.2, 0.25) is 0 Å². The fourth-order valence-corrected chi connectivity index (χ4v) is 2.65. The van der Waals surface area contributed by atoms with Crippen LogP contribution in [0.4, 0.5) is 0 Å². The summed E-state index contributed by atoms with van der Waals surface area (Å²) in [4.78, 5) is 26.4. The van der Waals surface area contributed by atoms with Gasteiger partial charge in [-0.25, -0.2) is 0 Å². The van der Waals surface area contributed by atoms with Gasteiger partial charge in [-0.2, -0.15) is 0 Å². The minimum absolute atomic E-state index is 0.138. The van der Waals surface area contributed by atoms with Crippen LogP contribution in [-0.4, -0.2) is 43.5 Å². The molecule has 2 amide bonds. The molecule has 6 heteroatoms. The Bertz CT molecular complexity index is 774. The Morgan fingerprint density at radius 2 is 1.81 bits per heavy atom. The molecule has 144 valence electrons. The number of hydrogen-bond donors (Lipinski definition) is 1. The van der Waals surface area contributed by atoms with Gasteiger partial charge in [0.05, 0.1) is 7.11 Å². The van der Waals surface area contributed by atoms with Crippen LogP contribution in [-0.2, 0) is 16.1 Å². The lowest BCUT2D eigenvalue weighted by Gasteiger charge is -2.28. The molecule has 1 unspecified atom stereocenters. The smallest absolute Gasteiger partial charge is 0.261 e. The molecule has 0 aliphatic heterocycles. The molecule has 0 aliphatic carbocycles. The van der Waals surface area contributed by atoms with E-state index in [9.17, 15) is 9.59 Å². The zero-order chi connectivity index (χ0) is 19.8. The Labute approximate surface area is 160 Å². The summed E-state index contributed by atoms with van der Waals surface area (Å²) in [5, 5.41) is 2.59. The molecular weight excluding hydrogens is 344 g/mol. The molecule has 6 nitrogen and oxygen atoms in total. The van der Waals surface area contributed by atoms with Crippen molar-refractivity contribution < 1.29 is 19.1 Å². The fourth-order valence-electron chi connectivity index (χ4n) is 2.65. The lowest BCUT2D eigenvalue weighted by Crippen LogP contribution is -2.48. The number of carbonyl (C=O) groups excluding carboxylic acids is 2. The molecule has 0 aliphatic rings. The van der Waals surface area contributed by atoms with E-state index in [0.29, 0.717) is 12.3 Å². The van der Waals surface area contributed by atoms with Gasteiger partial charge in [-0.05, 0) is 49.2 Å². The molecule has 1 atom stereocenters. The minimum atomic E-state index is -0.620. The lowest BCUT2D eigenvalue weighted by atomic mass is 10.1. The van der Waals surface area contributed by atoms with E-state index in [1.807, 2.05) is 49.4 Å². The second-order valence-corrected chi connectivity index (χ2v) is 6.27. The van der Waals surface area contributed by atoms with Crippen molar-refractivity contribution >= 4 is 11.8 Å². The fraction of sp³-hybridized carbons (Fsp3) is 0.333. The van der Waals surface area contributed by atoms with E-state index in [1.165, 1.54) is 4.90 Å². The Kier molecular flexibility index (Phi) is 7.23. The molecule has 0 bridgehead atoms. The van der Waals surface area contributed by atoms with Crippen molar-refractivity contribution in [3.63, 3.8) is 0 Å². The maximum Gasteiger partial charge on any atom is 0.261 e. The number of methoxy groups -OCH3 is 1. The van der Waals surface area contributed by atoms with E-state index < -0.39 is 6.04 Å². The first-order valence-corrected chi connectivity index (χ1v) is 8.78. The molecule has 0 aromatic heterocycles. The summed E-state index contributed by atoms with van der Waals surface area (Å²) in [5.41, 5.74) is 1.95. The maximum absolute atomic E-state index is 12.8. The highest BCUT2D eigenvalue weighted by atomic mass is 16.5. The number of amides is 2. The van der Waals surface area contributed by atoms with Gasteiger partial charge in [0.25, 0.3) is 5.91 Å². The summed E-state index contributed by atoms with van der Waals surface area (Å²) in [6.07, 6.45) is 0. The number of nitrogens with zero attached hydrogens (tertiary/aromatic N) is 1. The van der Waals surface area contributed by atoms with E-state index >= 15 is 0 Å². The molecule has 0 radical (unpaired) electrons. The highest BCUT2D eigenvalue weighted by Gasteiger charge is 2.25. The van der Waals surface area contributed by atoms with Gasteiger partial charge in [0.2, 0.25) is 5.91 Å². The maximum atomic E-state index is 12.8. The predicted octanol–water partition coefficient (Wildman–Crippen LogP) is 2.55. The number of benzene rings is 2. The third-order valence-electron chi connectivity index (χ3n) is 4.28. The van der Waals surface area contributed by atoms with E-state index in [1.54, 1.807) is 27.1 Å². The Hall–Kier alpha value is -3.02. The first kappa shape index (κ1) is 20.3. The van der Waals surface area contributed by atoms with Crippen molar-refractivity contribution in [1.29, 1.82) is 0 Å². The van der Waals surface area contributed by atoms with Crippen LogP contribution in [0.15, 0.2) is 48.5 Å². The van der Waals surface area contributed by atoms with Gasteiger partial charge in [-0.15, -0.1) is 0 Å². The van der Waals surface area contributed by atoms with Gasteiger partial charge in [0, 0.05) is 13.6 Å². The molecule has 27 heavy (non-hydrogen) atoms. The zero-order valence-corrected chi connectivity index (χ0v) is 16.2. The summed E-state index contributed by atoms with van der Waals surface area (Å²) in [6, 6.07) is 14.3. The second kappa shape index (κ2) is 9.62. The average molecular weight is 370 g/mol. The average Bonchev–Trinajstić information content (AvgIpc) is 2.69. The van der Waals surface area contributed by atoms with Gasteiger partial charge < -0.3 is 19.7 Å². The van der Waals surface area contributed by atoms with Crippen LogP contribution in [0.3, 0.4) is 0 Å². The van der Waals surface area contributed by atoms with E-state index in [0.717, 1.165) is 16.9 Å². The number of ether oxygens (including phenoxy) is 2. The quantitative estimate of drug-likeness (QED) is 0.775. The van der Waals surface area contributed by atoms with Gasteiger partial charge in [-0.3, -0.25) is 9.59 Å².